The summed E-state index contributed by atoms with van der Waals surface area (Å²) in [7, 11) is 1.88. The molecule has 1 aromatic heterocycles. The number of aromatic nitrogens is 1. The number of benzene rings is 2. The van der Waals surface area contributed by atoms with Gasteiger partial charge in [0.2, 0.25) is 5.91 Å². The molecule has 0 N–H and O–H groups in total. The summed E-state index contributed by atoms with van der Waals surface area (Å²) in [6.45, 7) is 3.65. The Morgan fingerprint density at radius 1 is 0.966 bits per heavy atom. The van der Waals surface area contributed by atoms with Gasteiger partial charge in [0.15, 0.2) is 0 Å². The summed E-state index contributed by atoms with van der Waals surface area (Å²) >= 11 is 0. The van der Waals surface area contributed by atoms with Gasteiger partial charge in [-0.05, 0) is 49.2 Å². The van der Waals surface area contributed by atoms with Gasteiger partial charge in [0.1, 0.15) is 5.69 Å². The van der Waals surface area contributed by atoms with Crippen molar-refractivity contribution in [2.75, 3.05) is 9.80 Å². The molecule has 29 heavy (non-hydrogen) atoms. The molecular weight excluding hydrogens is 362 g/mol. The fraction of sp³-hybridized carbons (Fsp3) is 0.250. The van der Waals surface area contributed by atoms with Crippen LogP contribution in [0, 0.1) is 0 Å². The van der Waals surface area contributed by atoms with Gasteiger partial charge in [-0.15, -0.1) is 0 Å². The maximum Gasteiger partial charge on any atom is 0.275 e. The highest BCUT2D eigenvalue weighted by Crippen LogP contribution is 2.42. The predicted octanol–water partition coefficient (Wildman–Crippen LogP) is 4.56. The van der Waals surface area contributed by atoms with Gasteiger partial charge in [0.25, 0.3) is 5.91 Å². The summed E-state index contributed by atoms with van der Waals surface area (Å²) in [4.78, 5) is 29.7. The van der Waals surface area contributed by atoms with Crippen LogP contribution in [0.5, 0.6) is 0 Å². The molecule has 3 aromatic rings. The molecule has 0 fully saturated rings. The molecule has 0 bridgehead atoms. The third kappa shape index (κ3) is 3.33. The number of fused-ring (bicyclic) bond motifs is 1. The van der Waals surface area contributed by atoms with E-state index in [1.807, 2.05) is 101 Å². The quantitative estimate of drug-likeness (QED) is 0.661. The Kier molecular flexibility index (Phi) is 4.97. The monoisotopic (exact) mass is 387 g/mol. The Balaban J connectivity index is 1.80. The van der Waals surface area contributed by atoms with Crippen LogP contribution in [0.25, 0.3) is 0 Å². The lowest BCUT2D eigenvalue weighted by molar-refractivity contribution is -0.117. The molecule has 0 saturated heterocycles. The molecule has 0 spiro atoms. The summed E-state index contributed by atoms with van der Waals surface area (Å²) in [6, 6.07) is 21.2. The van der Waals surface area contributed by atoms with Crippen LogP contribution >= 0.6 is 0 Å². The van der Waals surface area contributed by atoms with Gasteiger partial charge in [-0.2, -0.15) is 0 Å². The van der Waals surface area contributed by atoms with Crippen molar-refractivity contribution in [3.63, 3.8) is 0 Å². The van der Waals surface area contributed by atoms with Gasteiger partial charge >= 0.3 is 0 Å². The zero-order valence-corrected chi connectivity index (χ0v) is 16.9. The van der Waals surface area contributed by atoms with Gasteiger partial charge < -0.3 is 14.4 Å². The van der Waals surface area contributed by atoms with E-state index in [0.29, 0.717) is 12.1 Å². The smallest absolute Gasteiger partial charge is 0.275 e. The lowest BCUT2D eigenvalue weighted by Crippen LogP contribution is -2.47. The fourth-order valence-electron chi connectivity index (χ4n) is 4.31. The number of amides is 2. The van der Waals surface area contributed by atoms with E-state index in [2.05, 4.69) is 0 Å². The third-order valence-electron chi connectivity index (χ3n) is 5.63. The van der Waals surface area contributed by atoms with Crippen molar-refractivity contribution in [2.24, 2.45) is 7.05 Å². The number of para-hydroxylation sites is 2. The minimum absolute atomic E-state index is 0.00888. The average Bonchev–Trinajstić information content (AvgIpc) is 3.14. The molecule has 2 atom stereocenters. The minimum Gasteiger partial charge on any atom is -0.347 e. The number of nitrogens with zero attached hydrogens (tertiary/aromatic N) is 3. The van der Waals surface area contributed by atoms with E-state index in [9.17, 15) is 9.59 Å². The Morgan fingerprint density at radius 2 is 1.66 bits per heavy atom. The SMILES string of the molecule is CC(=O)N(c1ccccc1)[C@H]1C[C@@H](C)N(C(=O)c2cccn2C)c2ccccc21. The third-order valence-corrected chi connectivity index (χ3v) is 5.63. The van der Waals surface area contributed by atoms with Crippen molar-refractivity contribution in [3.8, 4) is 0 Å². The van der Waals surface area contributed by atoms with Crippen LogP contribution in [0.4, 0.5) is 11.4 Å². The standard InChI is InChI=1S/C24H25N3O2/c1-17-16-23(27(18(2)28)19-10-5-4-6-11-19)20-12-7-8-13-21(20)26(17)24(29)22-14-9-15-25(22)3/h4-15,17,23H,16H2,1-3H3/t17-,23+/m1/s1. The van der Waals surface area contributed by atoms with E-state index in [1.165, 1.54) is 0 Å². The van der Waals surface area contributed by atoms with Gasteiger partial charge in [0, 0.05) is 37.6 Å². The number of hydrogen-bond acceptors (Lipinski definition) is 2. The highest BCUT2D eigenvalue weighted by Gasteiger charge is 2.38. The molecule has 5 nitrogen and oxygen atoms in total. The van der Waals surface area contributed by atoms with Crippen molar-refractivity contribution >= 4 is 23.2 Å². The summed E-state index contributed by atoms with van der Waals surface area (Å²) < 4.78 is 1.84. The van der Waals surface area contributed by atoms with Crippen LogP contribution in [0.2, 0.25) is 0 Å². The van der Waals surface area contributed by atoms with Crippen LogP contribution in [0.1, 0.15) is 42.4 Å². The average molecular weight is 387 g/mol. The van der Waals surface area contributed by atoms with Crippen LogP contribution in [-0.2, 0) is 11.8 Å². The first-order valence-corrected chi connectivity index (χ1v) is 9.87. The van der Waals surface area contributed by atoms with E-state index in [0.717, 1.165) is 16.9 Å². The van der Waals surface area contributed by atoms with Gasteiger partial charge in [-0.25, -0.2) is 0 Å². The van der Waals surface area contributed by atoms with Crippen molar-refractivity contribution in [3.05, 3.63) is 84.2 Å². The number of carbonyl (C=O) groups is 2. The first-order chi connectivity index (χ1) is 14.0. The second-order valence-electron chi connectivity index (χ2n) is 7.56. The summed E-state index contributed by atoms with van der Waals surface area (Å²) in [5.74, 6) is -0.0320. The molecule has 1 aliphatic rings. The molecule has 0 aliphatic carbocycles. The molecule has 2 aromatic carbocycles. The zero-order chi connectivity index (χ0) is 20.5. The predicted molar refractivity (Wildman–Crippen MR) is 115 cm³/mol. The Hall–Kier alpha value is -3.34. The van der Waals surface area contributed by atoms with E-state index >= 15 is 0 Å². The fourth-order valence-corrected chi connectivity index (χ4v) is 4.31. The largest absolute Gasteiger partial charge is 0.347 e. The Labute approximate surface area is 171 Å². The first kappa shape index (κ1) is 19.0. The summed E-state index contributed by atoms with van der Waals surface area (Å²) in [5, 5.41) is 0. The molecule has 2 amide bonds. The molecule has 2 heterocycles. The van der Waals surface area contributed by atoms with Gasteiger partial charge in [-0.1, -0.05) is 36.4 Å². The second-order valence-corrected chi connectivity index (χ2v) is 7.56. The molecule has 1 aliphatic heterocycles. The van der Waals surface area contributed by atoms with Gasteiger partial charge in [0.05, 0.1) is 6.04 Å². The van der Waals surface area contributed by atoms with E-state index in [4.69, 9.17) is 0 Å². The number of hydrogen-bond donors (Lipinski definition) is 0. The van der Waals surface area contributed by atoms with Crippen LogP contribution < -0.4 is 9.80 Å². The van der Waals surface area contributed by atoms with Crippen molar-refractivity contribution in [1.82, 2.24) is 4.57 Å². The molecule has 4 rings (SSSR count). The molecule has 148 valence electrons. The normalized spacial score (nSPS) is 18.2. The molecule has 0 saturated carbocycles. The topological polar surface area (TPSA) is 45.6 Å². The Morgan fingerprint density at radius 3 is 2.31 bits per heavy atom. The van der Waals surface area contributed by atoms with Gasteiger partial charge in [-0.3, -0.25) is 9.59 Å². The number of aryl methyl sites for hydroxylation is 1. The van der Waals surface area contributed by atoms with Crippen molar-refractivity contribution < 1.29 is 9.59 Å². The molecule has 0 radical (unpaired) electrons. The Bertz CT molecular complexity index is 1040. The van der Waals surface area contributed by atoms with E-state index in [-0.39, 0.29) is 23.9 Å². The lowest BCUT2D eigenvalue weighted by atomic mass is 9.89. The first-order valence-electron chi connectivity index (χ1n) is 9.87. The maximum atomic E-state index is 13.4. The van der Waals surface area contributed by atoms with Crippen molar-refractivity contribution in [2.45, 2.75) is 32.4 Å². The molecule has 5 heteroatoms. The molecule has 0 unspecified atom stereocenters. The van der Waals surface area contributed by atoms with Crippen LogP contribution in [0.15, 0.2) is 72.9 Å². The summed E-state index contributed by atoms with van der Waals surface area (Å²) in [6.07, 6.45) is 2.55. The lowest BCUT2D eigenvalue weighted by Gasteiger charge is -2.43. The molecular formula is C24H25N3O2. The second kappa shape index (κ2) is 7.59. The van der Waals surface area contributed by atoms with E-state index in [1.54, 1.807) is 6.92 Å². The maximum absolute atomic E-state index is 13.4. The van der Waals surface area contributed by atoms with Crippen LogP contribution in [0.3, 0.4) is 0 Å². The highest BCUT2D eigenvalue weighted by atomic mass is 16.2. The number of rotatable bonds is 3. The minimum atomic E-state index is -0.126. The number of carbonyl (C=O) groups excluding carboxylic acids is 2. The zero-order valence-electron chi connectivity index (χ0n) is 16.9. The summed E-state index contributed by atoms with van der Waals surface area (Å²) in [5.41, 5.74) is 3.38. The highest BCUT2D eigenvalue weighted by molar-refractivity contribution is 6.06. The number of anilines is 2. The van der Waals surface area contributed by atoms with Crippen LogP contribution in [-0.4, -0.2) is 22.4 Å². The van der Waals surface area contributed by atoms with E-state index < -0.39 is 0 Å². The van der Waals surface area contributed by atoms with Crippen molar-refractivity contribution in [1.29, 1.82) is 0 Å².